The maximum Gasteiger partial charge on any atom is 0.238 e. The quantitative estimate of drug-likeness (QED) is 0.370. The Morgan fingerprint density at radius 3 is 1.02 bits per heavy atom. The molecule has 2 heterocycles. The van der Waals surface area contributed by atoms with E-state index < -0.39 is 35.5 Å². The van der Waals surface area contributed by atoms with Gasteiger partial charge in [-0.05, 0) is 76.2 Å². The smallest absolute Gasteiger partial charge is 0.238 e. The molecular weight excluding hydrogens is 504 g/mol. The van der Waals surface area contributed by atoms with Gasteiger partial charge in [-0.25, -0.2) is 0 Å². The molecule has 8 nitrogen and oxygen atoms in total. The Morgan fingerprint density at radius 1 is 0.500 bits per heavy atom. The Morgan fingerprint density at radius 2 is 0.775 bits per heavy atom. The summed E-state index contributed by atoms with van der Waals surface area (Å²) < 4.78 is 0. The van der Waals surface area contributed by atoms with Crippen molar-refractivity contribution < 1.29 is 19.2 Å². The molecule has 3 aliphatic carbocycles. The summed E-state index contributed by atoms with van der Waals surface area (Å²) >= 11 is 0. The first-order valence-corrected chi connectivity index (χ1v) is 14.5. The molecule has 2 aromatic rings. The fourth-order valence-corrected chi connectivity index (χ4v) is 7.54. The molecular formula is C32H36N4O4. The van der Waals surface area contributed by atoms with Crippen LogP contribution in [0.15, 0.2) is 60.7 Å². The van der Waals surface area contributed by atoms with Crippen molar-refractivity contribution in [3.8, 4) is 0 Å². The lowest BCUT2D eigenvalue weighted by molar-refractivity contribution is -0.137. The number of nitrogens with zero attached hydrogens (tertiary/aromatic N) is 4. The van der Waals surface area contributed by atoms with Crippen LogP contribution in [0.1, 0.15) is 27.7 Å². The second kappa shape index (κ2) is 9.91. The lowest BCUT2D eigenvalue weighted by Crippen LogP contribution is -2.50. The van der Waals surface area contributed by atoms with Crippen LogP contribution in [0.25, 0.3) is 0 Å². The van der Waals surface area contributed by atoms with Gasteiger partial charge >= 0.3 is 0 Å². The second-order valence-electron chi connectivity index (χ2n) is 11.0. The van der Waals surface area contributed by atoms with E-state index in [-0.39, 0.29) is 23.6 Å². The van der Waals surface area contributed by atoms with Gasteiger partial charge in [-0.2, -0.15) is 0 Å². The van der Waals surface area contributed by atoms with Crippen molar-refractivity contribution in [1.82, 2.24) is 0 Å². The molecule has 6 atom stereocenters. The van der Waals surface area contributed by atoms with Crippen molar-refractivity contribution in [3.63, 3.8) is 0 Å². The number of carbonyl (C=O) groups is 4. The molecule has 40 heavy (non-hydrogen) atoms. The summed E-state index contributed by atoms with van der Waals surface area (Å²) in [5.74, 6) is -4.57. The maximum absolute atomic E-state index is 13.8. The topological polar surface area (TPSA) is 81.2 Å². The summed E-state index contributed by atoms with van der Waals surface area (Å²) in [4.78, 5) is 62.2. The van der Waals surface area contributed by atoms with Crippen LogP contribution in [0.3, 0.4) is 0 Å². The lowest BCUT2D eigenvalue weighted by atomic mass is 9.54. The molecule has 0 radical (unpaired) electrons. The molecule has 2 aromatic carbocycles. The average Bonchev–Trinajstić information content (AvgIpc) is 3.42. The van der Waals surface area contributed by atoms with Crippen LogP contribution in [0.5, 0.6) is 0 Å². The maximum atomic E-state index is 13.8. The van der Waals surface area contributed by atoms with E-state index in [0.717, 1.165) is 37.6 Å². The molecule has 4 amide bonds. The third kappa shape index (κ3) is 3.64. The SMILES string of the molecule is CCN(CC)c1ccc(N2C(=O)[C@@H]3C4C=CC([C@H]5C(=O)N(c6ccc(N(CC)CC)cc6)C(=O)[C@@H]45)[C@@H]3C2=O)cc1. The summed E-state index contributed by atoms with van der Waals surface area (Å²) in [5, 5.41) is 0. The predicted molar refractivity (Wildman–Crippen MR) is 155 cm³/mol. The van der Waals surface area contributed by atoms with Crippen LogP contribution in [-0.2, 0) is 19.2 Å². The Labute approximate surface area is 235 Å². The van der Waals surface area contributed by atoms with Crippen LogP contribution >= 0.6 is 0 Å². The third-order valence-electron chi connectivity index (χ3n) is 9.48. The number of imide groups is 2. The van der Waals surface area contributed by atoms with Gasteiger partial charge in [-0.15, -0.1) is 0 Å². The molecule has 0 aromatic heterocycles. The zero-order chi connectivity index (χ0) is 28.3. The van der Waals surface area contributed by atoms with Gasteiger partial charge in [0.05, 0.1) is 35.0 Å². The fourth-order valence-electron chi connectivity index (χ4n) is 7.54. The van der Waals surface area contributed by atoms with Crippen LogP contribution in [0.4, 0.5) is 22.7 Å². The number of carbonyl (C=O) groups excluding carboxylic acids is 4. The minimum Gasteiger partial charge on any atom is -0.372 e. The molecule has 8 heteroatoms. The van der Waals surface area contributed by atoms with Crippen LogP contribution < -0.4 is 19.6 Å². The molecule has 5 aliphatic rings. The summed E-state index contributed by atoms with van der Waals surface area (Å²) in [6.07, 6.45) is 3.81. The van der Waals surface area contributed by atoms with E-state index in [0.29, 0.717) is 11.4 Å². The van der Waals surface area contributed by atoms with Crippen molar-refractivity contribution in [2.24, 2.45) is 35.5 Å². The lowest BCUT2D eigenvalue weighted by Gasteiger charge is -2.44. The Hall–Kier alpha value is -3.94. The standard InChI is InChI=1S/C32H36N4O4/c1-5-33(6-2)19-9-13-21(14-10-19)35-29(37)25-23-17-18-24(26(25)30(35)38)28-27(23)31(39)36(32(28)40)22-15-11-20(12-16-22)34(7-3)8-4/h9-18,23-28H,5-8H2,1-4H3/t23?,24?,25-,26+,27+,28-. The van der Waals surface area contributed by atoms with Gasteiger partial charge in [-0.1, -0.05) is 12.2 Å². The predicted octanol–water partition coefficient (Wildman–Crippen LogP) is 4.11. The van der Waals surface area contributed by atoms with E-state index in [1.807, 2.05) is 60.7 Å². The largest absolute Gasteiger partial charge is 0.372 e. The molecule has 2 bridgehead atoms. The number of rotatable bonds is 8. The van der Waals surface area contributed by atoms with E-state index in [1.165, 1.54) is 9.80 Å². The monoisotopic (exact) mass is 540 g/mol. The number of benzene rings is 2. The highest BCUT2D eigenvalue weighted by molar-refractivity contribution is 6.26. The van der Waals surface area contributed by atoms with E-state index in [1.54, 1.807) is 0 Å². The van der Waals surface area contributed by atoms with Crippen molar-refractivity contribution in [1.29, 1.82) is 0 Å². The molecule has 2 unspecified atom stereocenters. The number of hydrogen-bond donors (Lipinski definition) is 0. The van der Waals surface area contributed by atoms with Gasteiger partial charge < -0.3 is 9.80 Å². The van der Waals surface area contributed by atoms with E-state index in [2.05, 4.69) is 37.5 Å². The van der Waals surface area contributed by atoms with Crippen molar-refractivity contribution in [2.75, 3.05) is 45.8 Å². The van der Waals surface area contributed by atoms with Crippen molar-refractivity contribution in [3.05, 3.63) is 60.7 Å². The second-order valence-corrected chi connectivity index (χ2v) is 11.0. The fraction of sp³-hybridized carbons (Fsp3) is 0.438. The van der Waals surface area contributed by atoms with Gasteiger partial charge in [0, 0.05) is 49.4 Å². The molecule has 208 valence electrons. The van der Waals surface area contributed by atoms with Crippen molar-refractivity contribution in [2.45, 2.75) is 27.7 Å². The highest BCUT2D eigenvalue weighted by Crippen LogP contribution is 2.58. The summed E-state index contributed by atoms with van der Waals surface area (Å²) in [5.41, 5.74) is 3.14. The minimum absolute atomic E-state index is 0.273. The molecule has 3 fully saturated rings. The summed E-state index contributed by atoms with van der Waals surface area (Å²) in [6, 6.07) is 15.0. The first-order valence-electron chi connectivity index (χ1n) is 14.5. The Balaban J connectivity index is 1.28. The van der Waals surface area contributed by atoms with Gasteiger partial charge in [0.1, 0.15) is 0 Å². The first kappa shape index (κ1) is 26.3. The zero-order valence-corrected chi connectivity index (χ0v) is 23.5. The number of anilines is 4. The summed E-state index contributed by atoms with van der Waals surface area (Å²) in [6.45, 7) is 11.8. The molecule has 1 saturated carbocycles. The first-order chi connectivity index (χ1) is 19.4. The van der Waals surface area contributed by atoms with Gasteiger partial charge in [0.2, 0.25) is 23.6 Å². The highest BCUT2D eigenvalue weighted by atomic mass is 16.2. The zero-order valence-electron chi connectivity index (χ0n) is 23.5. The highest BCUT2D eigenvalue weighted by Gasteiger charge is 2.68. The number of amides is 4. The summed E-state index contributed by atoms with van der Waals surface area (Å²) in [7, 11) is 0. The molecule has 2 saturated heterocycles. The minimum atomic E-state index is -0.632. The Bertz CT molecular complexity index is 1230. The van der Waals surface area contributed by atoms with E-state index in [4.69, 9.17) is 0 Å². The number of allylic oxidation sites excluding steroid dienone is 2. The normalized spacial score (nSPS) is 28.4. The van der Waals surface area contributed by atoms with Crippen LogP contribution in [0.2, 0.25) is 0 Å². The van der Waals surface area contributed by atoms with Gasteiger partial charge in [0.15, 0.2) is 0 Å². The average molecular weight is 541 g/mol. The molecule has 7 rings (SSSR count). The third-order valence-corrected chi connectivity index (χ3v) is 9.48. The van der Waals surface area contributed by atoms with Gasteiger partial charge in [-0.3, -0.25) is 29.0 Å². The van der Waals surface area contributed by atoms with Crippen LogP contribution in [0, 0.1) is 35.5 Å². The molecule has 0 N–H and O–H groups in total. The Kier molecular flexibility index (Phi) is 6.51. The van der Waals surface area contributed by atoms with E-state index >= 15 is 0 Å². The van der Waals surface area contributed by atoms with Crippen molar-refractivity contribution >= 4 is 46.4 Å². The van der Waals surface area contributed by atoms with Crippen LogP contribution in [-0.4, -0.2) is 49.8 Å². The van der Waals surface area contributed by atoms with Gasteiger partial charge in [0.25, 0.3) is 0 Å². The molecule has 0 spiro atoms. The van der Waals surface area contributed by atoms with E-state index in [9.17, 15) is 19.2 Å². The number of hydrogen-bond acceptors (Lipinski definition) is 6. The molecule has 2 aliphatic heterocycles.